The normalized spacial score (nSPS) is 13.7. The summed E-state index contributed by atoms with van der Waals surface area (Å²) in [4.78, 5) is 0. The lowest BCUT2D eigenvalue weighted by atomic mass is 9.85. The minimum Gasteiger partial charge on any atom is -0.309 e. The van der Waals surface area contributed by atoms with Gasteiger partial charge in [0.25, 0.3) is 0 Å². The zero-order chi connectivity index (χ0) is 59.7. The van der Waals surface area contributed by atoms with Crippen LogP contribution >= 0.6 is 22.7 Å². The summed E-state index contributed by atoms with van der Waals surface area (Å²) in [5.41, 5.74) is 20.3. The fourth-order valence-corrected chi connectivity index (χ4v) is 18.2. The van der Waals surface area contributed by atoms with Gasteiger partial charge in [-0.3, -0.25) is 0 Å². The van der Waals surface area contributed by atoms with Gasteiger partial charge in [-0.15, -0.1) is 22.7 Å². The Bertz CT molecular complexity index is 5800. The van der Waals surface area contributed by atoms with E-state index >= 15 is 0 Å². The lowest BCUT2D eigenvalue weighted by Crippen LogP contribution is -2.10. The molecule has 88 heavy (non-hydrogen) atoms. The maximum Gasteiger partial charge on any atom is 0.0627 e. The van der Waals surface area contributed by atoms with Gasteiger partial charge in [0.05, 0.1) is 55.2 Å². The Morgan fingerprint density at radius 3 is 0.898 bits per heavy atom. The lowest BCUT2D eigenvalue weighted by molar-refractivity contribution is 0.590. The number of thiophene rings is 2. The fourth-order valence-electron chi connectivity index (χ4n) is 15.9. The third kappa shape index (κ3) is 6.64. The van der Waals surface area contributed by atoms with Crippen LogP contribution in [0.3, 0.4) is 0 Å². The third-order valence-corrected chi connectivity index (χ3v) is 22.6. The van der Waals surface area contributed by atoms with Crippen molar-refractivity contribution < 1.29 is 0 Å². The van der Waals surface area contributed by atoms with Crippen molar-refractivity contribution in [3.05, 3.63) is 204 Å². The first-order valence-corrected chi connectivity index (χ1v) is 33.0. The van der Waals surface area contributed by atoms with Crippen LogP contribution in [-0.2, 0) is 21.7 Å². The van der Waals surface area contributed by atoms with Crippen LogP contribution in [0.4, 0.5) is 0 Å². The molecule has 0 aliphatic rings. The zero-order valence-corrected chi connectivity index (χ0v) is 53.6. The van der Waals surface area contributed by atoms with E-state index in [-0.39, 0.29) is 21.7 Å². The molecular weight excluding hydrogens is 1110 g/mol. The molecule has 0 aliphatic heterocycles. The monoisotopic (exact) mass is 1170 g/mol. The highest BCUT2D eigenvalue weighted by atomic mass is 32.1. The number of aromatic nitrogens is 4. The van der Waals surface area contributed by atoms with E-state index in [0.717, 1.165) is 0 Å². The molecular formula is C82H66N4S2. The van der Waals surface area contributed by atoms with Crippen molar-refractivity contribution in [1.29, 1.82) is 0 Å². The second-order valence-electron chi connectivity index (χ2n) is 29.8. The van der Waals surface area contributed by atoms with Gasteiger partial charge in [-0.05, 0) is 153 Å². The molecule has 11 aromatic carbocycles. The largest absolute Gasteiger partial charge is 0.309 e. The van der Waals surface area contributed by atoms with Crippen LogP contribution in [-0.4, -0.2) is 17.9 Å². The van der Waals surface area contributed by atoms with Gasteiger partial charge in [0, 0.05) is 116 Å². The van der Waals surface area contributed by atoms with Gasteiger partial charge in [-0.1, -0.05) is 156 Å². The number of hydrogen-bond acceptors (Lipinski definition) is 2. The van der Waals surface area contributed by atoms with Crippen LogP contribution in [0.25, 0.3) is 172 Å². The average Bonchev–Trinajstić information content (AvgIpc) is 1.52. The predicted molar refractivity (Wildman–Crippen MR) is 385 cm³/mol. The molecule has 0 amide bonds. The number of nitrogens with zero attached hydrogens (tertiary/aromatic N) is 4. The average molecular weight is 1170 g/mol. The number of rotatable bonds is 2. The van der Waals surface area contributed by atoms with Crippen molar-refractivity contribution in [3.63, 3.8) is 0 Å². The second kappa shape index (κ2) is 16.6. The van der Waals surface area contributed by atoms with Gasteiger partial charge in [0.1, 0.15) is 0 Å². The van der Waals surface area contributed by atoms with Gasteiger partial charge in [-0.2, -0.15) is 0 Å². The first kappa shape index (κ1) is 51.1. The van der Waals surface area contributed by atoms with Crippen molar-refractivity contribution in [3.8, 4) is 11.4 Å². The van der Waals surface area contributed by atoms with E-state index < -0.39 is 0 Å². The molecule has 6 heteroatoms. The fraction of sp³-hybridized carbons (Fsp3) is 0.195. The Morgan fingerprint density at radius 1 is 0.239 bits per heavy atom. The Labute approximate surface area is 517 Å². The Kier molecular flexibility index (Phi) is 9.65. The van der Waals surface area contributed by atoms with Crippen molar-refractivity contribution >= 4 is 183 Å². The van der Waals surface area contributed by atoms with Crippen molar-refractivity contribution in [1.82, 2.24) is 17.9 Å². The van der Waals surface area contributed by atoms with Gasteiger partial charge in [-0.25, -0.2) is 0 Å². The number of fused-ring (bicyclic) bond motifs is 26. The summed E-state index contributed by atoms with van der Waals surface area (Å²) < 4.78 is 15.7. The topological polar surface area (TPSA) is 18.7 Å². The molecule has 0 fully saturated rings. The minimum absolute atomic E-state index is 0.0111. The van der Waals surface area contributed by atoms with Gasteiger partial charge in [0.15, 0.2) is 0 Å². The number of benzene rings is 11. The van der Waals surface area contributed by atoms with E-state index in [2.05, 4.69) is 283 Å². The minimum atomic E-state index is 0.0111. The summed E-state index contributed by atoms with van der Waals surface area (Å²) in [5, 5.41) is 21.0. The smallest absolute Gasteiger partial charge is 0.0627 e. The molecule has 0 saturated heterocycles. The quantitative estimate of drug-likeness (QED) is 0.164. The Morgan fingerprint density at radius 2 is 0.557 bits per heavy atom. The van der Waals surface area contributed by atoms with Crippen molar-refractivity contribution in [2.75, 3.05) is 0 Å². The van der Waals surface area contributed by atoms with Crippen LogP contribution in [0.1, 0.15) is 105 Å². The van der Waals surface area contributed by atoms with E-state index in [1.54, 1.807) is 0 Å². The molecule has 8 heterocycles. The van der Waals surface area contributed by atoms with Gasteiger partial charge >= 0.3 is 0 Å². The summed E-state index contributed by atoms with van der Waals surface area (Å²) in [6, 6.07) is 71.9. The second-order valence-corrected chi connectivity index (χ2v) is 32.0. The zero-order valence-electron chi connectivity index (χ0n) is 51.9. The molecule has 0 atom stereocenters. The maximum absolute atomic E-state index is 2.66. The standard InChI is InChI=1S/C82H66N4S2/c1-79(2,3)43-21-29-61-53(33-43)54-34-44(80(4,5)6)22-30-62(54)83(61)47-25-27-49-65(37-47)85-67-39-58-60-42-72-74(52-18-14-16-20-70(52)88-72)76-50-28-26-48(84-63-31-23-45(81(7,8)9)35-55(63)56-36-46(82(10,11)12)24-32-64(56)84)38-66(50)86(78(60)76)68(58)40-57(67)59-41-71-73(75(49)77(59)85)51-17-13-15-19-69(51)87-71/h13-42H,1-12H3. The number of hydrogen-bond donors (Lipinski definition) is 0. The highest BCUT2D eigenvalue weighted by Crippen LogP contribution is 2.53. The SMILES string of the molecule is CC(C)(C)c1ccc2c(c1)c1cc(C(C)(C)C)ccc1n2-c1ccc2c3c4c(cc5c6cc7c(cc6n(c2c1)c53)c1cc2sc3ccccc3c2c2c3ccc(-n5c6ccc(C(C)(C)C)cc6c6cc(C(C)(C)C)ccc65)cc3n7c12)sc1ccccc14. The Hall–Kier alpha value is -8.94. The molecule has 0 radical (unpaired) electrons. The van der Waals surface area contributed by atoms with Crippen LogP contribution in [0.5, 0.6) is 0 Å². The first-order chi connectivity index (χ1) is 42.2. The summed E-state index contributed by atoms with van der Waals surface area (Å²) in [7, 11) is 0. The highest BCUT2D eigenvalue weighted by Gasteiger charge is 2.30. The van der Waals surface area contributed by atoms with Crippen LogP contribution in [0.15, 0.2) is 182 Å². The summed E-state index contributed by atoms with van der Waals surface area (Å²) >= 11 is 3.86. The van der Waals surface area contributed by atoms with E-state index in [4.69, 9.17) is 0 Å². The molecule has 426 valence electrons. The third-order valence-electron chi connectivity index (χ3n) is 20.4. The summed E-state index contributed by atoms with van der Waals surface area (Å²) in [5.74, 6) is 0. The molecule has 4 nitrogen and oxygen atoms in total. The molecule has 0 saturated carbocycles. The Balaban J connectivity index is 0.939. The van der Waals surface area contributed by atoms with E-state index in [1.807, 2.05) is 22.7 Å². The molecule has 19 aromatic rings. The molecule has 0 N–H and O–H groups in total. The van der Waals surface area contributed by atoms with Crippen LogP contribution in [0, 0.1) is 0 Å². The molecule has 0 spiro atoms. The molecule has 0 unspecified atom stereocenters. The summed E-state index contributed by atoms with van der Waals surface area (Å²) in [6.07, 6.45) is 0. The van der Waals surface area contributed by atoms with Crippen molar-refractivity contribution in [2.45, 2.75) is 105 Å². The molecule has 0 bridgehead atoms. The summed E-state index contributed by atoms with van der Waals surface area (Å²) in [6.45, 7) is 27.9. The van der Waals surface area contributed by atoms with Gasteiger partial charge < -0.3 is 17.9 Å². The van der Waals surface area contributed by atoms with E-state index in [9.17, 15) is 0 Å². The van der Waals surface area contributed by atoms with Crippen molar-refractivity contribution in [2.24, 2.45) is 0 Å². The van der Waals surface area contributed by atoms with E-state index in [1.165, 1.54) is 194 Å². The molecule has 0 aliphatic carbocycles. The highest BCUT2D eigenvalue weighted by molar-refractivity contribution is 7.26. The van der Waals surface area contributed by atoms with Crippen LogP contribution < -0.4 is 0 Å². The first-order valence-electron chi connectivity index (χ1n) is 31.4. The van der Waals surface area contributed by atoms with Crippen LogP contribution in [0.2, 0.25) is 0 Å². The maximum atomic E-state index is 2.66. The predicted octanol–water partition coefficient (Wildman–Crippen LogP) is 24.1. The van der Waals surface area contributed by atoms with E-state index in [0.29, 0.717) is 0 Å². The molecule has 8 aromatic heterocycles. The van der Waals surface area contributed by atoms with Gasteiger partial charge in [0.2, 0.25) is 0 Å². The lowest BCUT2D eigenvalue weighted by Gasteiger charge is -2.19. The molecule has 19 rings (SSSR count).